The summed E-state index contributed by atoms with van der Waals surface area (Å²) in [5, 5.41) is 13.8. The Labute approximate surface area is 115 Å². The third kappa shape index (κ3) is 3.53. The Bertz CT molecular complexity index is 425. The number of nitrogens with one attached hydrogen (secondary N) is 1. The molecule has 1 aromatic rings. The molecule has 4 nitrogen and oxygen atoms in total. The minimum absolute atomic E-state index is 0.576. The first-order valence-electron chi connectivity index (χ1n) is 7.14. The molecule has 0 bridgehead atoms. The predicted molar refractivity (Wildman–Crippen MR) is 81.0 cm³/mol. The van der Waals surface area contributed by atoms with Gasteiger partial charge >= 0.3 is 0 Å². The molecule has 1 aliphatic carbocycles. The molecule has 2 rings (SSSR count). The molecular formula is C15H25N3O. The maximum atomic E-state index is 10.6. The molecule has 4 heteroatoms. The van der Waals surface area contributed by atoms with E-state index in [1.54, 1.807) is 6.07 Å². The SMILES string of the molecule is CCC1CCC(O)(CNc2ccc(N)c(N)c2)CC1. The van der Waals surface area contributed by atoms with Crippen LogP contribution in [0.25, 0.3) is 0 Å². The van der Waals surface area contributed by atoms with Crippen molar-refractivity contribution in [2.75, 3.05) is 23.3 Å². The first-order valence-corrected chi connectivity index (χ1v) is 7.14. The highest BCUT2D eigenvalue weighted by molar-refractivity contribution is 5.69. The Kier molecular flexibility index (Phi) is 4.20. The van der Waals surface area contributed by atoms with E-state index in [1.807, 2.05) is 12.1 Å². The fourth-order valence-electron chi connectivity index (χ4n) is 2.75. The Balaban J connectivity index is 1.89. The van der Waals surface area contributed by atoms with E-state index in [-0.39, 0.29) is 0 Å². The summed E-state index contributed by atoms with van der Waals surface area (Å²) in [4.78, 5) is 0. The van der Waals surface area contributed by atoms with Crippen LogP contribution in [0.5, 0.6) is 0 Å². The van der Waals surface area contributed by atoms with Crippen molar-refractivity contribution in [3.05, 3.63) is 18.2 Å². The van der Waals surface area contributed by atoms with E-state index >= 15 is 0 Å². The van der Waals surface area contributed by atoms with Crippen molar-refractivity contribution in [3.8, 4) is 0 Å². The lowest BCUT2D eigenvalue weighted by atomic mass is 9.78. The molecular weight excluding hydrogens is 238 g/mol. The zero-order valence-corrected chi connectivity index (χ0v) is 11.7. The van der Waals surface area contributed by atoms with Crippen LogP contribution in [0.15, 0.2) is 18.2 Å². The Morgan fingerprint density at radius 1 is 1.26 bits per heavy atom. The van der Waals surface area contributed by atoms with Gasteiger partial charge in [-0.2, -0.15) is 0 Å². The molecule has 19 heavy (non-hydrogen) atoms. The van der Waals surface area contributed by atoms with Gasteiger partial charge in [0.05, 0.1) is 17.0 Å². The summed E-state index contributed by atoms with van der Waals surface area (Å²) < 4.78 is 0. The van der Waals surface area contributed by atoms with E-state index in [1.165, 1.54) is 6.42 Å². The fourth-order valence-corrected chi connectivity index (χ4v) is 2.75. The van der Waals surface area contributed by atoms with Crippen LogP contribution in [0.4, 0.5) is 17.1 Å². The van der Waals surface area contributed by atoms with Crippen LogP contribution in [-0.2, 0) is 0 Å². The Hall–Kier alpha value is -1.42. The number of benzene rings is 1. The summed E-state index contributed by atoms with van der Waals surface area (Å²) in [6, 6.07) is 5.50. The molecule has 6 N–H and O–H groups in total. The van der Waals surface area contributed by atoms with Gasteiger partial charge in [-0.3, -0.25) is 0 Å². The second-order valence-electron chi connectivity index (χ2n) is 5.77. The number of rotatable bonds is 4. The van der Waals surface area contributed by atoms with Gasteiger partial charge in [0, 0.05) is 12.2 Å². The first kappa shape index (κ1) is 14.0. The molecule has 1 aromatic carbocycles. The van der Waals surface area contributed by atoms with Gasteiger partial charge in [0.25, 0.3) is 0 Å². The summed E-state index contributed by atoms with van der Waals surface area (Å²) >= 11 is 0. The Morgan fingerprint density at radius 2 is 1.95 bits per heavy atom. The van der Waals surface area contributed by atoms with Gasteiger partial charge < -0.3 is 21.9 Å². The van der Waals surface area contributed by atoms with Crippen LogP contribution in [0.1, 0.15) is 39.0 Å². The van der Waals surface area contributed by atoms with Crippen LogP contribution in [0, 0.1) is 5.92 Å². The van der Waals surface area contributed by atoms with Gasteiger partial charge in [-0.1, -0.05) is 13.3 Å². The van der Waals surface area contributed by atoms with Crippen molar-refractivity contribution in [2.24, 2.45) is 5.92 Å². The molecule has 0 spiro atoms. The van der Waals surface area contributed by atoms with Gasteiger partial charge in [-0.15, -0.1) is 0 Å². The van der Waals surface area contributed by atoms with Crippen molar-refractivity contribution in [3.63, 3.8) is 0 Å². The van der Waals surface area contributed by atoms with Gasteiger partial charge in [0.1, 0.15) is 0 Å². The average molecular weight is 263 g/mol. The van der Waals surface area contributed by atoms with Crippen molar-refractivity contribution in [2.45, 2.75) is 44.6 Å². The van der Waals surface area contributed by atoms with Crippen molar-refractivity contribution < 1.29 is 5.11 Å². The zero-order valence-electron chi connectivity index (χ0n) is 11.7. The molecule has 0 aromatic heterocycles. The van der Waals surface area contributed by atoms with E-state index in [0.29, 0.717) is 17.9 Å². The van der Waals surface area contributed by atoms with Crippen LogP contribution in [-0.4, -0.2) is 17.3 Å². The van der Waals surface area contributed by atoms with E-state index in [9.17, 15) is 5.11 Å². The topological polar surface area (TPSA) is 84.3 Å². The Morgan fingerprint density at radius 3 is 2.53 bits per heavy atom. The smallest absolute Gasteiger partial charge is 0.0819 e. The summed E-state index contributed by atoms with van der Waals surface area (Å²) in [5.74, 6) is 0.785. The van der Waals surface area contributed by atoms with E-state index in [0.717, 1.165) is 37.3 Å². The standard InChI is InChI=1S/C15H25N3O/c1-2-11-5-7-15(19,8-6-11)10-18-12-3-4-13(16)14(17)9-12/h3-4,9,11,18-19H,2,5-8,10,16-17H2,1H3. The first-order chi connectivity index (χ1) is 9.02. The number of anilines is 3. The quantitative estimate of drug-likeness (QED) is 0.629. The van der Waals surface area contributed by atoms with Crippen molar-refractivity contribution in [1.82, 2.24) is 0 Å². The lowest BCUT2D eigenvalue weighted by molar-refractivity contribution is 0.00229. The van der Waals surface area contributed by atoms with Gasteiger partial charge in [-0.25, -0.2) is 0 Å². The molecule has 0 radical (unpaired) electrons. The molecule has 0 unspecified atom stereocenters. The highest BCUT2D eigenvalue weighted by Crippen LogP contribution is 2.34. The third-order valence-corrected chi connectivity index (χ3v) is 4.32. The van der Waals surface area contributed by atoms with Crippen LogP contribution in [0.3, 0.4) is 0 Å². The molecule has 1 saturated carbocycles. The molecule has 1 fully saturated rings. The summed E-state index contributed by atoms with van der Waals surface area (Å²) in [6.45, 7) is 2.80. The molecule has 0 atom stereocenters. The minimum atomic E-state index is -0.582. The van der Waals surface area contributed by atoms with Gasteiger partial charge in [-0.05, 0) is 49.8 Å². The van der Waals surface area contributed by atoms with Gasteiger partial charge in [0.2, 0.25) is 0 Å². The number of nitrogen functional groups attached to an aromatic ring is 2. The summed E-state index contributed by atoms with van der Waals surface area (Å²) in [6.07, 6.45) is 5.22. The number of nitrogens with two attached hydrogens (primary N) is 2. The molecule has 106 valence electrons. The van der Waals surface area contributed by atoms with Crippen LogP contribution in [0.2, 0.25) is 0 Å². The fraction of sp³-hybridized carbons (Fsp3) is 0.600. The summed E-state index contributed by atoms with van der Waals surface area (Å²) in [5.41, 5.74) is 13.0. The molecule has 0 saturated heterocycles. The molecule has 0 aliphatic heterocycles. The highest BCUT2D eigenvalue weighted by atomic mass is 16.3. The number of hydrogen-bond acceptors (Lipinski definition) is 4. The molecule has 1 aliphatic rings. The lowest BCUT2D eigenvalue weighted by Crippen LogP contribution is -2.40. The monoisotopic (exact) mass is 263 g/mol. The van der Waals surface area contributed by atoms with Crippen molar-refractivity contribution >= 4 is 17.1 Å². The van der Waals surface area contributed by atoms with Crippen molar-refractivity contribution in [1.29, 1.82) is 0 Å². The lowest BCUT2D eigenvalue weighted by Gasteiger charge is -2.36. The third-order valence-electron chi connectivity index (χ3n) is 4.32. The van der Waals surface area contributed by atoms with E-state index in [4.69, 9.17) is 11.5 Å². The van der Waals surface area contributed by atoms with Gasteiger partial charge in [0.15, 0.2) is 0 Å². The zero-order chi connectivity index (χ0) is 13.9. The predicted octanol–water partition coefficient (Wildman–Crippen LogP) is 2.59. The second-order valence-corrected chi connectivity index (χ2v) is 5.77. The second kappa shape index (κ2) is 5.70. The number of hydrogen-bond donors (Lipinski definition) is 4. The average Bonchev–Trinajstić information content (AvgIpc) is 2.41. The maximum absolute atomic E-state index is 10.6. The number of aliphatic hydroxyl groups is 1. The normalized spacial score (nSPS) is 27.2. The van der Waals surface area contributed by atoms with Crippen LogP contribution >= 0.6 is 0 Å². The minimum Gasteiger partial charge on any atom is -0.397 e. The largest absolute Gasteiger partial charge is 0.397 e. The summed E-state index contributed by atoms with van der Waals surface area (Å²) in [7, 11) is 0. The molecule has 0 amide bonds. The highest BCUT2D eigenvalue weighted by Gasteiger charge is 2.32. The maximum Gasteiger partial charge on any atom is 0.0819 e. The molecule has 0 heterocycles. The van der Waals surface area contributed by atoms with E-state index < -0.39 is 5.60 Å². The van der Waals surface area contributed by atoms with Crippen LogP contribution < -0.4 is 16.8 Å². The van der Waals surface area contributed by atoms with E-state index in [2.05, 4.69) is 12.2 Å².